The number of hydrazine groups is 1. The van der Waals surface area contributed by atoms with E-state index in [1.54, 1.807) is 0 Å². The molecule has 2 amide bonds. The van der Waals surface area contributed by atoms with Crippen molar-refractivity contribution in [3.05, 3.63) is 0 Å². The van der Waals surface area contributed by atoms with Crippen LogP contribution in [0.3, 0.4) is 0 Å². The van der Waals surface area contributed by atoms with Crippen LogP contribution in [0.2, 0.25) is 0 Å². The molecule has 0 aromatic carbocycles. The molecule has 4 N–H and O–H groups in total. The third kappa shape index (κ3) is 7.58. The first-order valence-electron chi connectivity index (χ1n) is 2.69. The van der Waals surface area contributed by atoms with Crippen molar-refractivity contribution in [3.63, 3.8) is 0 Å². The highest BCUT2D eigenvalue weighted by Gasteiger charge is 1.86. The average Bonchev–Trinajstić information content (AvgIpc) is 1.80. The van der Waals surface area contributed by atoms with Crippen LogP contribution in [0.25, 0.3) is 0 Å². The molecule has 0 aliphatic carbocycles. The number of hydrogen-bond donors (Lipinski definition) is 3. The summed E-state index contributed by atoms with van der Waals surface area (Å²) in [6.45, 7) is 2.05. The maximum atomic E-state index is 10.00. The summed E-state index contributed by atoms with van der Waals surface area (Å²) in [4.78, 5) is 12.6. The maximum Gasteiger partial charge on any atom is 0.327 e. The fourth-order valence-electron chi connectivity index (χ4n) is 0.239. The Kier molecular flexibility index (Phi) is 5.45. The number of rotatable bonds is 4. The van der Waals surface area contributed by atoms with Crippen molar-refractivity contribution in [2.75, 3.05) is 5.75 Å². The van der Waals surface area contributed by atoms with Gasteiger partial charge in [0.05, 0.1) is 0 Å². The fourth-order valence-corrected chi connectivity index (χ4v) is 0.718. The minimum atomic E-state index is -0.557. The molecule has 0 unspecified atom stereocenters. The third-order valence-corrected chi connectivity index (χ3v) is 1.41. The molecule has 0 radical (unpaired) electrons. The molecule has 5 heteroatoms. The molecular weight excluding hydrogens is 138 g/mol. The Labute approximate surface area is 58.7 Å². The Morgan fingerprint density at radius 2 is 2.44 bits per heavy atom. The van der Waals surface area contributed by atoms with Gasteiger partial charge in [-0.15, -0.1) is 0 Å². The van der Waals surface area contributed by atoms with Crippen molar-refractivity contribution in [3.8, 4) is 0 Å². The molecule has 0 aliphatic rings. The first-order chi connectivity index (χ1) is 4.27. The second-order valence-corrected chi connectivity index (χ2v) is 2.34. The lowest BCUT2D eigenvalue weighted by Crippen LogP contribution is -2.37. The lowest BCUT2D eigenvalue weighted by molar-refractivity contribution is 0.248. The zero-order valence-electron chi connectivity index (χ0n) is 5.31. The molecule has 0 aromatic rings. The second-order valence-electron chi connectivity index (χ2n) is 1.44. The van der Waals surface area contributed by atoms with Crippen molar-refractivity contribution in [2.45, 2.75) is 13.3 Å². The van der Waals surface area contributed by atoms with Gasteiger partial charge in [-0.1, -0.05) is 18.9 Å². The van der Waals surface area contributed by atoms with Crippen LogP contribution in [0.1, 0.15) is 13.3 Å². The average molecular weight is 149 g/mol. The number of carbonyl (C=O) groups is 1. The van der Waals surface area contributed by atoms with E-state index in [0.29, 0.717) is 0 Å². The molecule has 0 aliphatic heterocycles. The van der Waals surface area contributed by atoms with Crippen LogP contribution in [0.4, 0.5) is 4.79 Å². The van der Waals surface area contributed by atoms with Crippen LogP contribution in [0, 0.1) is 0 Å². The lowest BCUT2D eigenvalue weighted by Gasteiger charge is -2.00. The molecule has 9 heavy (non-hydrogen) atoms. The molecule has 54 valence electrons. The van der Waals surface area contributed by atoms with Gasteiger partial charge in [0.15, 0.2) is 0 Å². The first-order valence-corrected chi connectivity index (χ1v) is 3.68. The summed E-state index contributed by atoms with van der Waals surface area (Å²) in [6, 6.07) is -0.557. The van der Waals surface area contributed by atoms with E-state index in [1.165, 1.54) is 11.9 Å². The minimum absolute atomic E-state index is 0.557. The van der Waals surface area contributed by atoms with Crippen LogP contribution in [0.15, 0.2) is 0 Å². The number of nitrogens with two attached hydrogens (primary N) is 1. The van der Waals surface area contributed by atoms with E-state index in [1.807, 2.05) is 0 Å². The van der Waals surface area contributed by atoms with Gasteiger partial charge in [0.1, 0.15) is 0 Å². The molecule has 0 spiro atoms. The molecule has 0 saturated carbocycles. The van der Waals surface area contributed by atoms with Crippen molar-refractivity contribution in [1.29, 1.82) is 0 Å². The highest BCUT2D eigenvalue weighted by Crippen LogP contribution is 1.91. The van der Waals surface area contributed by atoms with E-state index in [4.69, 9.17) is 5.73 Å². The molecule has 0 atom stereocenters. The molecule has 0 bridgehead atoms. The smallest absolute Gasteiger partial charge is 0.327 e. The Morgan fingerprint density at radius 3 is 2.89 bits per heavy atom. The standard InChI is InChI=1S/C4H11N3OS/c1-2-3-9-7-6-4(5)8/h7H,2-3H2,1H3,(H3,5,6,8). The van der Waals surface area contributed by atoms with Gasteiger partial charge in [0.25, 0.3) is 0 Å². The molecule has 0 heterocycles. The zero-order valence-corrected chi connectivity index (χ0v) is 6.12. The summed E-state index contributed by atoms with van der Waals surface area (Å²) in [6.07, 6.45) is 1.07. The lowest BCUT2D eigenvalue weighted by atomic mass is 10.6. The van der Waals surface area contributed by atoms with Crippen LogP contribution in [-0.2, 0) is 0 Å². The van der Waals surface area contributed by atoms with Gasteiger partial charge in [-0.05, 0) is 6.42 Å². The molecular formula is C4H11N3OS. The Bertz CT molecular complexity index is 87.9. The number of primary amides is 1. The van der Waals surface area contributed by atoms with Crippen LogP contribution < -0.4 is 16.0 Å². The summed E-state index contributed by atoms with van der Waals surface area (Å²) < 4.78 is 0. The summed E-state index contributed by atoms with van der Waals surface area (Å²) in [5, 5.41) is 0. The fraction of sp³-hybridized carbons (Fsp3) is 0.750. The normalized spacial score (nSPS) is 9.00. The van der Waals surface area contributed by atoms with E-state index in [-0.39, 0.29) is 0 Å². The Hall–Kier alpha value is -0.420. The van der Waals surface area contributed by atoms with E-state index in [2.05, 4.69) is 17.2 Å². The van der Waals surface area contributed by atoms with Gasteiger partial charge < -0.3 is 5.73 Å². The first kappa shape index (κ1) is 8.58. The van der Waals surface area contributed by atoms with Crippen LogP contribution in [-0.4, -0.2) is 11.8 Å². The number of carbonyl (C=O) groups excluding carboxylic acids is 1. The van der Waals surface area contributed by atoms with Gasteiger partial charge in [-0.25, -0.2) is 4.79 Å². The summed E-state index contributed by atoms with van der Waals surface area (Å²) >= 11 is 1.42. The van der Waals surface area contributed by atoms with Crippen LogP contribution in [0.5, 0.6) is 0 Å². The number of amides is 2. The molecule has 0 fully saturated rings. The van der Waals surface area contributed by atoms with E-state index < -0.39 is 6.03 Å². The van der Waals surface area contributed by atoms with Gasteiger partial charge in [-0.2, -0.15) is 4.83 Å². The van der Waals surface area contributed by atoms with Crippen LogP contribution >= 0.6 is 11.9 Å². The summed E-state index contributed by atoms with van der Waals surface area (Å²) in [7, 11) is 0. The molecule has 4 nitrogen and oxygen atoms in total. The molecule has 0 rings (SSSR count). The summed E-state index contributed by atoms with van der Waals surface area (Å²) in [5.41, 5.74) is 6.98. The van der Waals surface area contributed by atoms with Gasteiger partial charge in [-0.3, -0.25) is 5.43 Å². The minimum Gasteiger partial charge on any atom is -0.351 e. The van der Waals surface area contributed by atoms with E-state index in [9.17, 15) is 4.79 Å². The Balaban J connectivity index is 2.83. The molecule has 0 aromatic heterocycles. The predicted molar refractivity (Wildman–Crippen MR) is 38.6 cm³/mol. The second kappa shape index (κ2) is 5.71. The van der Waals surface area contributed by atoms with Crippen molar-refractivity contribution >= 4 is 18.0 Å². The van der Waals surface area contributed by atoms with E-state index >= 15 is 0 Å². The SMILES string of the molecule is CCCSNNC(N)=O. The van der Waals surface area contributed by atoms with Gasteiger partial charge in [0.2, 0.25) is 0 Å². The van der Waals surface area contributed by atoms with Crippen molar-refractivity contribution < 1.29 is 4.79 Å². The van der Waals surface area contributed by atoms with Gasteiger partial charge >= 0.3 is 6.03 Å². The summed E-state index contributed by atoms with van der Waals surface area (Å²) in [5.74, 6) is 0.959. The monoisotopic (exact) mass is 149 g/mol. The third-order valence-electron chi connectivity index (χ3n) is 0.553. The quantitative estimate of drug-likeness (QED) is 0.304. The highest BCUT2D eigenvalue weighted by atomic mass is 32.2. The predicted octanol–water partition coefficient (Wildman–Crippen LogP) is 0.218. The number of hydrogen-bond acceptors (Lipinski definition) is 3. The van der Waals surface area contributed by atoms with Gasteiger partial charge in [0, 0.05) is 5.75 Å². The number of nitrogens with one attached hydrogen (secondary N) is 2. The van der Waals surface area contributed by atoms with E-state index in [0.717, 1.165) is 12.2 Å². The largest absolute Gasteiger partial charge is 0.351 e. The zero-order chi connectivity index (χ0) is 7.11. The van der Waals surface area contributed by atoms with Crippen molar-refractivity contribution in [1.82, 2.24) is 10.3 Å². The van der Waals surface area contributed by atoms with Crippen molar-refractivity contribution in [2.24, 2.45) is 5.73 Å². The Morgan fingerprint density at radius 1 is 1.78 bits per heavy atom. The number of urea groups is 1. The highest BCUT2D eigenvalue weighted by molar-refractivity contribution is 7.97. The topological polar surface area (TPSA) is 67.2 Å². The molecule has 0 saturated heterocycles. The maximum absolute atomic E-state index is 10.00.